The Labute approximate surface area is 116 Å². The summed E-state index contributed by atoms with van der Waals surface area (Å²) in [4.78, 5) is 15.8. The molecule has 0 amide bonds. The van der Waals surface area contributed by atoms with Gasteiger partial charge in [0.05, 0.1) is 0 Å². The van der Waals surface area contributed by atoms with Crippen molar-refractivity contribution in [3.8, 4) is 0 Å². The average molecular weight is 278 g/mol. The number of pyridine rings is 1. The van der Waals surface area contributed by atoms with Crippen LogP contribution in [0.5, 0.6) is 0 Å². The first kappa shape index (κ1) is 13.7. The van der Waals surface area contributed by atoms with Crippen LogP contribution in [0.2, 0.25) is 5.02 Å². The number of aromatic nitrogens is 1. The highest BCUT2D eigenvalue weighted by molar-refractivity contribution is 6.30. The third-order valence-electron chi connectivity index (χ3n) is 2.82. The Morgan fingerprint density at radius 1 is 1.32 bits per heavy atom. The van der Waals surface area contributed by atoms with E-state index in [-0.39, 0.29) is 12.2 Å². The normalized spacial score (nSPS) is 10.4. The van der Waals surface area contributed by atoms with Crippen LogP contribution in [-0.2, 0) is 17.6 Å². The van der Waals surface area contributed by atoms with Crippen molar-refractivity contribution in [1.82, 2.24) is 4.98 Å². The standard InChI is InChI=1S/C15H13ClFNO/c16-13-5-4-12(15(17)9-13)8-14(19)6-3-11-2-1-7-18-10-11/h1-2,4-5,7,9-10H,3,6,8H2. The highest BCUT2D eigenvalue weighted by Crippen LogP contribution is 2.16. The number of halogens is 2. The van der Waals surface area contributed by atoms with Gasteiger partial charge in [-0.25, -0.2) is 4.39 Å². The van der Waals surface area contributed by atoms with Crippen LogP contribution in [0.15, 0.2) is 42.7 Å². The number of carbonyl (C=O) groups is 1. The van der Waals surface area contributed by atoms with Gasteiger partial charge in [-0.15, -0.1) is 0 Å². The molecule has 0 saturated heterocycles. The molecule has 19 heavy (non-hydrogen) atoms. The van der Waals surface area contributed by atoms with Crippen molar-refractivity contribution in [2.24, 2.45) is 0 Å². The topological polar surface area (TPSA) is 30.0 Å². The summed E-state index contributed by atoms with van der Waals surface area (Å²) in [6.07, 6.45) is 4.53. The Bertz CT molecular complexity index is 572. The van der Waals surface area contributed by atoms with Gasteiger partial charge >= 0.3 is 0 Å². The van der Waals surface area contributed by atoms with Crippen molar-refractivity contribution in [1.29, 1.82) is 0 Å². The maximum absolute atomic E-state index is 13.5. The van der Waals surface area contributed by atoms with Crippen molar-refractivity contribution < 1.29 is 9.18 Å². The fourth-order valence-electron chi connectivity index (χ4n) is 1.80. The van der Waals surface area contributed by atoms with E-state index in [4.69, 9.17) is 11.6 Å². The van der Waals surface area contributed by atoms with E-state index in [0.29, 0.717) is 23.4 Å². The molecule has 2 nitrogen and oxygen atoms in total. The molecule has 0 bridgehead atoms. The molecule has 0 aliphatic heterocycles. The van der Waals surface area contributed by atoms with E-state index in [1.54, 1.807) is 24.5 Å². The van der Waals surface area contributed by atoms with Crippen LogP contribution in [0.3, 0.4) is 0 Å². The lowest BCUT2D eigenvalue weighted by atomic mass is 10.0. The maximum Gasteiger partial charge on any atom is 0.137 e. The number of hydrogen-bond acceptors (Lipinski definition) is 2. The second kappa shape index (κ2) is 6.43. The fraction of sp³-hybridized carbons (Fsp3) is 0.200. The van der Waals surface area contributed by atoms with Crippen molar-refractivity contribution in [3.63, 3.8) is 0 Å². The molecule has 2 aromatic rings. The van der Waals surface area contributed by atoms with E-state index in [2.05, 4.69) is 4.98 Å². The Morgan fingerprint density at radius 2 is 2.16 bits per heavy atom. The van der Waals surface area contributed by atoms with E-state index in [0.717, 1.165) is 5.56 Å². The summed E-state index contributed by atoms with van der Waals surface area (Å²) in [6, 6.07) is 8.13. The van der Waals surface area contributed by atoms with Crippen molar-refractivity contribution in [2.45, 2.75) is 19.3 Å². The molecule has 1 aromatic heterocycles. The van der Waals surface area contributed by atoms with Crippen LogP contribution in [0.1, 0.15) is 17.5 Å². The predicted octanol–water partition coefficient (Wildman–Crippen LogP) is 3.62. The minimum absolute atomic E-state index is 0.00470. The van der Waals surface area contributed by atoms with Gasteiger partial charge in [0.2, 0.25) is 0 Å². The monoisotopic (exact) mass is 277 g/mol. The van der Waals surface area contributed by atoms with Crippen LogP contribution in [0.25, 0.3) is 0 Å². The number of hydrogen-bond donors (Lipinski definition) is 0. The van der Waals surface area contributed by atoms with Crippen molar-refractivity contribution >= 4 is 17.4 Å². The van der Waals surface area contributed by atoms with Gasteiger partial charge in [-0.2, -0.15) is 0 Å². The Morgan fingerprint density at radius 3 is 2.84 bits per heavy atom. The van der Waals surface area contributed by atoms with Crippen molar-refractivity contribution in [2.75, 3.05) is 0 Å². The summed E-state index contributed by atoms with van der Waals surface area (Å²) in [6.45, 7) is 0. The lowest BCUT2D eigenvalue weighted by Crippen LogP contribution is -2.06. The zero-order chi connectivity index (χ0) is 13.7. The van der Waals surface area contributed by atoms with Gasteiger partial charge in [-0.3, -0.25) is 9.78 Å². The zero-order valence-corrected chi connectivity index (χ0v) is 11.0. The van der Waals surface area contributed by atoms with E-state index < -0.39 is 5.82 Å². The Balaban J connectivity index is 1.91. The minimum Gasteiger partial charge on any atom is -0.299 e. The van der Waals surface area contributed by atoms with E-state index in [1.807, 2.05) is 12.1 Å². The Hall–Kier alpha value is -1.74. The maximum atomic E-state index is 13.5. The smallest absolute Gasteiger partial charge is 0.137 e. The van der Waals surface area contributed by atoms with Gasteiger partial charge in [0.25, 0.3) is 0 Å². The first-order valence-corrected chi connectivity index (χ1v) is 6.37. The highest BCUT2D eigenvalue weighted by Gasteiger charge is 2.09. The van der Waals surface area contributed by atoms with E-state index in [9.17, 15) is 9.18 Å². The van der Waals surface area contributed by atoms with E-state index >= 15 is 0 Å². The van der Waals surface area contributed by atoms with Gasteiger partial charge in [0, 0.05) is 30.3 Å². The molecule has 4 heteroatoms. The molecule has 98 valence electrons. The average Bonchev–Trinajstić information content (AvgIpc) is 2.41. The molecule has 0 N–H and O–H groups in total. The molecule has 2 rings (SSSR count). The molecule has 0 spiro atoms. The molecular formula is C15H13ClFNO. The second-order valence-corrected chi connectivity index (χ2v) is 4.75. The molecule has 0 unspecified atom stereocenters. The van der Waals surface area contributed by atoms with Crippen LogP contribution in [0, 0.1) is 5.82 Å². The molecule has 1 heterocycles. The predicted molar refractivity (Wildman–Crippen MR) is 72.7 cm³/mol. The summed E-state index contributed by atoms with van der Waals surface area (Å²) in [5.74, 6) is -0.424. The molecule has 1 aromatic carbocycles. The molecule has 0 atom stereocenters. The van der Waals surface area contributed by atoms with Crippen LogP contribution >= 0.6 is 11.6 Å². The zero-order valence-electron chi connectivity index (χ0n) is 10.3. The number of Topliss-reactive ketones (excluding diaryl/α,β-unsaturated/α-hetero) is 1. The molecular weight excluding hydrogens is 265 g/mol. The summed E-state index contributed by atoms with van der Waals surface area (Å²) in [5, 5.41) is 0.337. The van der Waals surface area contributed by atoms with Crippen LogP contribution in [-0.4, -0.2) is 10.8 Å². The number of benzene rings is 1. The molecule has 0 saturated carbocycles. The number of nitrogens with zero attached hydrogens (tertiary/aromatic N) is 1. The molecule has 0 radical (unpaired) electrons. The largest absolute Gasteiger partial charge is 0.299 e. The first-order chi connectivity index (χ1) is 9.15. The molecule has 0 aliphatic carbocycles. The van der Waals surface area contributed by atoms with Gasteiger partial charge in [0.1, 0.15) is 11.6 Å². The molecule has 0 aliphatic rings. The van der Waals surface area contributed by atoms with Crippen molar-refractivity contribution in [3.05, 3.63) is 64.7 Å². The minimum atomic E-state index is -0.428. The number of carbonyl (C=O) groups excluding carboxylic acids is 1. The Kier molecular flexibility index (Phi) is 4.63. The van der Waals surface area contributed by atoms with Gasteiger partial charge in [-0.05, 0) is 35.7 Å². The van der Waals surface area contributed by atoms with Crippen LogP contribution in [0.4, 0.5) is 4.39 Å². The fourth-order valence-corrected chi connectivity index (χ4v) is 1.95. The first-order valence-electron chi connectivity index (χ1n) is 5.99. The molecule has 0 fully saturated rings. The third-order valence-corrected chi connectivity index (χ3v) is 3.05. The number of rotatable bonds is 5. The van der Waals surface area contributed by atoms with Gasteiger partial charge in [0.15, 0.2) is 0 Å². The van der Waals surface area contributed by atoms with E-state index in [1.165, 1.54) is 6.07 Å². The summed E-state index contributed by atoms with van der Waals surface area (Å²) >= 11 is 5.66. The quantitative estimate of drug-likeness (QED) is 0.835. The van der Waals surface area contributed by atoms with Gasteiger partial charge in [-0.1, -0.05) is 23.7 Å². The highest BCUT2D eigenvalue weighted by atomic mass is 35.5. The third kappa shape index (κ3) is 4.14. The van der Waals surface area contributed by atoms with Gasteiger partial charge < -0.3 is 0 Å². The number of aryl methyl sites for hydroxylation is 1. The summed E-state index contributed by atoms with van der Waals surface area (Å²) < 4.78 is 13.5. The summed E-state index contributed by atoms with van der Waals surface area (Å²) in [5.41, 5.74) is 1.40. The summed E-state index contributed by atoms with van der Waals surface area (Å²) in [7, 11) is 0. The van der Waals surface area contributed by atoms with Crippen LogP contribution < -0.4 is 0 Å². The second-order valence-electron chi connectivity index (χ2n) is 4.31. The SMILES string of the molecule is O=C(CCc1cccnc1)Cc1ccc(Cl)cc1F. The lowest BCUT2D eigenvalue weighted by molar-refractivity contribution is -0.118. The lowest BCUT2D eigenvalue weighted by Gasteiger charge is -2.03. The number of ketones is 1.